The Kier molecular flexibility index (Phi) is 6.05. The number of alkyl halides is 1. The molecule has 1 rings (SSSR count). The molecule has 0 aliphatic rings. The minimum atomic E-state index is -3.30. The molecule has 3 nitrogen and oxygen atoms in total. The summed E-state index contributed by atoms with van der Waals surface area (Å²) in [5.41, 5.74) is 0.767. The molecule has 0 spiro atoms. The van der Waals surface area contributed by atoms with Gasteiger partial charge in [0, 0.05) is 12.4 Å². The van der Waals surface area contributed by atoms with Gasteiger partial charge < -0.3 is 0 Å². The molecule has 0 radical (unpaired) electrons. The van der Waals surface area contributed by atoms with Gasteiger partial charge in [-0.2, -0.15) is 0 Å². The lowest BCUT2D eigenvalue weighted by atomic mass is 10.1. The lowest BCUT2D eigenvalue weighted by Crippen LogP contribution is -2.31. The Labute approximate surface area is 112 Å². The van der Waals surface area contributed by atoms with Gasteiger partial charge in [0.1, 0.15) is 5.82 Å². The first-order chi connectivity index (χ1) is 8.43. The molecule has 1 aromatic rings. The lowest BCUT2D eigenvalue weighted by molar-refractivity contribution is 0.569. The first-order valence-corrected chi connectivity index (χ1v) is 7.89. The smallest absolute Gasteiger partial charge is 0.211 e. The number of benzene rings is 1. The van der Waals surface area contributed by atoms with Crippen LogP contribution in [0.5, 0.6) is 0 Å². The van der Waals surface area contributed by atoms with E-state index in [9.17, 15) is 12.8 Å². The van der Waals surface area contributed by atoms with Crippen molar-refractivity contribution in [3.8, 4) is 0 Å². The molecule has 6 heteroatoms. The van der Waals surface area contributed by atoms with E-state index in [0.29, 0.717) is 12.3 Å². The molecule has 0 amide bonds. The summed E-state index contributed by atoms with van der Waals surface area (Å²) in [7, 11) is -3.30. The predicted octanol–water partition coefficient (Wildman–Crippen LogP) is 2.16. The molecule has 0 heterocycles. The minimum absolute atomic E-state index is 0.0135. The van der Waals surface area contributed by atoms with Gasteiger partial charge in [-0.3, -0.25) is 0 Å². The maximum absolute atomic E-state index is 12.9. The zero-order valence-corrected chi connectivity index (χ0v) is 11.8. The zero-order chi connectivity index (χ0) is 13.6. The summed E-state index contributed by atoms with van der Waals surface area (Å²) in [5.74, 6) is -0.0748. The van der Waals surface area contributed by atoms with Gasteiger partial charge in [0.15, 0.2) is 0 Å². The van der Waals surface area contributed by atoms with Crippen LogP contribution in [0.1, 0.15) is 12.5 Å². The van der Waals surface area contributed by atoms with E-state index < -0.39 is 10.0 Å². The van der Waals surface area contributed by atoms with Crippen LogP contribution in [0.4, 0.5) is 4.39 Å². The van der Waals surface area contributed by atoms with E-state index in [0.717, 1.165) is 5.56 Å². The largest absolute Gasteiger partial charge is 0.215 e. The average molecular weight is 294 g/mol. The van der Waals surface area contributed by atoms with Gasteiger partial charge in [0.05, 0.1) is 5.75 Å². The van der Waals surface area contributed by atoms with Crippen molar-refractivity contribution in [3.05, 3.63) is 35.6 Å². The summed E-state index contributed by atoms with van der Waals surface area (Å²) in [6.45, 7) is 2.04. The van der Waals surface area contributed by atoms with Crippen molar-refractivity contribution in [2.45, 2.75) is 13.3 Å². The summed E-state index contributed by atoms with van der Waals surface area (Å²) in [5, 5.41) is 0. The molecule has 1 atom stereocenters. The van der Waals surface area contributed by atoms with Crippen molar-refractivity contribution in [3.63, 3.8) is 0 Å². The van der Waals surface area contributed by atoms with Crippen molar-refractivity contribution in [2.24, 2.45) is 5.92 Å². The Hall–Kier alpha value is -0.650. The maximum Gasteiger partial charge on any atom is 0.211 e. The zero-order valence-electron chi connectivity index (χ0n) is 10.2. The average Bonchev–Trinajstić information content (AvgIpc) is 2.28. The highest BCUT2D eigenvalue weighted by Crippen LogP contribution is 2.05. The summed E-state index contributed by atoms with van der Waals surface area (Å²) < 4.78 is 38.6. The molecule has 1 unspecified atom stereocenters. The molecule has 0 saturated heterocycles. The number of sulfonamides is 1. The second-order valence-corrected chi connectivity index (χ2v) is 6.48. The molecule has 0 aliphatic heterocycles. The fourth-order valence-electron chi connectivity index (χ4n) is 1.52. The van der Waals surface area contributed by atoms with E-state index in [4.69, 9.17) is 11.6 Å². The Bertz CT molecular complexity index is 479. The molecule has 0 bridgehead atoms. The van der Waals surface area contributed by atoms with Crippen LogP contribution in [0.2, 0.25) is 0 Å². The van der Waals surface area contributed by atoms with Gasteiger partial charge >= 0.3 is 0 Å². The van der Waals surface area contributed by atoms with E-state index in [2.05, 4.69) is 4.72 Å². The Morgan fingerprint density at radius 1 is 1.44 bits per heavy atom. The molecule has 102 valence electrons. The third kappa shape index (κ3) is 5.80. The van der Waals surface area contributed by atoms with Crippen molar-refractivity contribution >= 4 is 21.6 Å². The molecule has 18 heavy (non-hydrogen) atoms. The standard InChI is InChI=1S/C12H17ClFNO2S/c1-10(8-13)9-18(16,17)15-6-5-11-3-2-4-12(14)7-11/h2-4,7,10,15H,5-6,8-9H2,1H3. The highest BCUT2D eigenvalue weighted by molar-refractivity contribution is 7.89. The summed E-state index contributed by atoms with van der Waals surface area (Å²) in [4.78, 5) is 0. The van der Waals surface area contributed by atoms with Crippen molar-refractivity contribution in [2.75, 3.05) is 18.2 Å². The predicted molar refractivity (Wildman–Crippen MR) is 71.8 cm³/mol. The van der Waals surface area contributed by atoms with E-state index in [1.54, 1.807) is 19.1 Å². The fourth-order valence-corrected chi connectivity index (χ4v) is 3.16. The summed E-state index contributed by atoms with van der Waals surface area (Å²) in [6.07, 6.45) is 0.465. The molecular formula is C12H17ClFNO2S. The van der Waals surface area contributed by atoms with Crippen LogP contribution in [0.25, 0.3) is 0 Å². The first-order valence-electron chi connectivity index (χ1n) is 5.70. The molecule has 1 aromatic carbocycles. The fraction of sp³-hybridized carbons (Fsp3) is 0.500. The van der Waals surface area contributed by atoms with Gasteiger partial charge in [-0.1, -0.05) is 19.1 Å². The van der Waals surface area contributed by atoms with Crippen molar-refractivity contribution in [1.82, 2.24) is 4.72 Å². The topological polar surface area (TPSA) is 46.2 Å². The van der Waals surface area contributed by atoms with Gasteiger partial charge in [0.2, 0.25) is 10.0 Å². The van der Waals surface area contributed by atoms with Crippen LogP contribution in [0.15, 0.2) is 24.3 Å². The van der Waals surface area contributed by atoms with Gasteiger partial charge in [0.25, 0.3) is 0 Å². The summed E-state index contributed by atoms with van der Waals surface area (Å²) >= 11 is 5.57. The number of halogens is 2. The Morgan fingerprint density at radius 3 is 2.78 bits per heavy atom. The maximum atomic E-state index is 12.9. The molecule has 0 saturated carbocycles. The third-order valence-corrected chi connectivity index (χ3v) is 4.57. The van der Waals surface area contributed by atoms with Crippen LogP contribution >= 0.6 is 11.6 Å². The number of rotatable bonds is 7. The number of hydrogen-bond donors (Lipinski definition) is 1. The molecule has 0 aromatic heterocycles. The van der Waals surface area contributed by atoms with Crippen LogP contribution in [-0.2, 0) is 16.4 Å². The van der Waals surface area contributed by atoms with Crippen molar-refractivity contribution in [1.29, 1.82) is 0 Å². The van der Waals surface area contributed by atoms with E-state index in [-0.39, 0.29) is 24.0 Å². The molecule has 0 fully saturated rings. The Morgan fingerprint density at radius 2 is 2.17 bits per heavy atom. The SMILES string of the molecule is CC(CCl)CS(=O)(=O)NCCc1cccc(F)c1. The highest BCUT2D eigenvalue weighted by atomic mass is 35.5. The van der Waals surface area contributed by atoms with Gasteiger partial charge in [-0.25, -0.2) is 17.5 Å². The van der Waals surface area contributed by atoms with Gasteiger partial charge in [-0.05, 0) is 30.0 Å². The van der Waals surface area contributed by atoms with Crippen LogP contribution in [-0.4, -0.2) is 26.6 Å². The van der Waals surface area contributed by atoms with Gasteiger partial charge in [-0.15, -0.1) is 11.6 Å². The second-order valence-electron chi connectivity index (χ2n) is 4.32. The normalized spacial score (nSPS) is 13.5. The molecule has 0 aliphatic carbocycles. The number of hydrogen-bond acceptors (Lipinski definition) is 2. The van der Waals surface area contributed by atoms with Crippen LogP contribution in [0, 0.1) is 11.7 Å². The monoisotopic (exact) mass is 293 g/mol. The highest BCUT2D eigenvalue weighted by Gasteiger charge is 2.14. The van der Waals surface area contributed by atoms with Crippen LogP contribution < -0.4 is 4.72 Å². The van der Waals surface area contributed by atoms with E-state index in [1.165, 1.54) is 12.1 Å². The van der Waals surface area contributed by atoms with Crippen molar-refractivity contribution < 1.29 is 12.8 Å². The van der Waals surface area contributed by atoms with E-state index in [1.807, 2.05) is 0 Å². The molecular weight excluding hydrogens is 277 g/mol. The second kappa shape index (κ2) is 7.07. The Balaban J connectivity index is 2.42. The first kappa shape index (κ1) is 15.4. The number of nitrogens with one attached hydrogen (secondary N) is 1. The van der Waals surface area contributed by atoms with Crippen LogP contribution in [0.3, 0.4) is 0 Å². The van der Waals surface area contributed by atoms with E-state index >= 15 is 0 Å². The minimum Gasteiger partial charge on any atom is -0.215 e. The lowest BCUT2D eigenvalue weighted by Gasteiger charge is -2.10. The quantitative estimate of drug-likeness (QED) is 0.783. The third-order valence-electron chi connectivity index (χ3n) is 2.39. The molecule has 1 N–H and O–H groups in total. The summed E-state index contributed by atoms with van der Waals surface area (Å²) in [6, 6.07) is 6.12.